The maximum absolute atomic E-state index is 15.5. The molecule has 198 valence electrons. The first kappa shape index (κ1) is 25.6. The van der Waals surface area contributed by atoms with Gasteiger partial charge in [-0.1, -0.05) is 6.07 Å². The minimum atomic E-state index is -0.574. The molecule has 1 aromatic carbocycles. The zero-order valence-corrected chi connectivity index (χ0v) is 21.8. The molecule has 5 rings (SSSR count). The van der Waals surface area contributed by atoms with Gasteiger partial charge in [0.15, 0.2) is 6.29 Å². The maximum atomic E-state index is 15.5. The van der Waals surface area contributed by atoms with Crippen molar-refractivity contribution in [1.82, 2.24) is 14.3 Å². The number of rotatable bonds is 4. The normalized spacial score (nSPS) is 19.4. The fourth-order valence-electron chi connectivity index (χ4n) is 4.71. The van der Waals surface area contributed by atoms with Crippen LogP contribution in [0.3, 0.4) is 0 Å². The number of hydrogen-bond donors (Lipinski definition) is 0. The van der Waals surface area contributed by atoms with Crippen LogP contribution in [0.1, 0.15) is 50.3 Å². The van der Waals surface area contributed by atoms with E-state index in [1.807, 2.05) is 56.5 Å². The van der Waals surface area contributed by atoms with Gasteiger partial charge >= 0.3 is 6.09 Å². The zero-order valence-electron chi connectivity index (χ0n) is 21.8. The smallest absolute Gasteiger partial charge is 0.410 e. The Balaban J connectivity index is 1.45. The van der Waals surface area contributed by atoms with Gasteiger partial charge in [-0.05, 0) is 63.9 Å². The van der Waals surface area contributed by atoms with Crippen molar-refractivity contribution in [1.29, 1.82) is 0 Å². The summed E-state index contributed by atoms with van der Waals surface area (Å²) < 4.78 is 40.4. The van der Waals surface area contributed by atoms with Crippen LogP contribution in [0.25, 0.3) is 16.9 Å². The topological polar surface area (TPSA) is 74.5 Å². The van der Waals surface area contributed by atoms with Gasteiger partial charge in [0.2, 0.25) is 0 Å². The van der Waals surface area contributed by atoms with Crippen molar-refractivity contribution in [2.24, 2.45) is 0 Å². The van der Waals surface area contributed by atoms with Crippen molar-refractivity contribution in [3.8, 4) is 11.3 Å². The number of carbonyl (C=O) groups is 1. The van der Waals surface area contributed by atoms with E-state index < -0.39 is 17.7 Å². The molecule has 9 heteroatoms. The Kier molecular flexibility index (Phi) is 7.20. The third-order valence-corrected chi connectivity index (χ3v) is 6.44. The van der Waals surface area contributed by atoms with Gasteiger partial charge in [-0.25, -0.2) is 14.2 Å². The molecule has 2 fully saturated rings. The van der Waals surface area contributed by atoms with Crippen LogP contribution in [-0.2, 0) is 25.4 Å². The van der Waals surface area contributed by atoms with Gasteiger partial charge in [0, 0.05) is 30.3 Å². The number of aromatic nitrogens is 2. The molecule has 0 saturated carbocycles. The Labute approximate surface area is 216 Å². The summed E-state index contributed by atoms with van der Waals surface area (Å²) in [7, 11) is 0. The predicted octanol–water partition coefficient (Wildman–Crippen LogP) is 5.06. The molecule has 2 aliphatic rings. The van der Waals surface area contributed by atoms with Gasteiger partial charge in [-0.15, -0.1) is 0 Å². The quantitative estimate of drug-likeness (QED) is 0.487. The Morgan fingerprint density at radius 2 is 1.92 bits per heavy atom. The molecule has 8 nitrogen and oxygen atoms in total. The van der Waals surface area contributed by atoms with Crippen molar-refractivity contribution >= 4 is 11.7 Å². The van der Waals surface area contributed by atoms with Crippen LogP contribution in [0, 0.1) is 12.7 Å². The molecule has 1 atom stereocenters. The van der Waals surface area contributed by atoms with E-state index in [0.29, 0.717) is 56.2 Å². The number of benzene rings is 1. The second-order valence-electron chi connectivity index (χ2n) is 10.6. The van der Waals surface area contributed by atoms with Crippen molar-refractivity contribution in [2.45, 2.75) is 58.5 Å². The number of aryl methyl sites for hydroxylation is 1. The van der Waals surface area contributed by atoms with Crippen molar-refractivity contribution in [2.75, 3.05) is 32.9 Å². The fourth-order valence-corrected chi connectivity index (χ4v) is 4.71. The van der Waals surface area contributed by atoms with E-state index in [-0.39, 0.29) is 12.2 Å². The number of nitrogens with zero attached hydrogens (tertiary/aromatic N) is 3. The summed E-state index contributed by atoms with van der Waals surface area (Å²) >= 11 is 0. The lowest BCUT2D eigenvalue weighted by Crippen LogP contribution is -2.48. The minimum absolute atomic E-state index is 0.285. The molecule has 0 bridgehead atoms. The predicted molar refractivity (Wildman–Crippen MR) is 136 cm³/mol. The summed E-state index contributed by atoms with van der Waals surface area (Å²) in [6, 6.07) is 8.99. The van der Waals surface area contributed by atoms with Crippen LogP contribution in [0.2, 0.25) is 0 Å². The average Bonchev–Trinajstić information content (AvgIpc) is 3.20. The SMILES string of the molecule is Cc1ccn2c(C[C@@H]3CN(C(=O)OC(C)(C)C)CCO3)c(-c3ccc(C4OCCCO4)cc3F)nc2c1. The van der Waals surface area contributed by atoms with Gasteiger partial charge < -0.3 is 28.2 Å². The molecule has 1 amide bonds. The van der Waals surface area contributed by atoms with E-state index in [4.69, 9.17) is 23.9 Å². The van der Waals surface area contributed by atoms with Crippen LogP contribution in [0.4, 0.5) is 9.18 Å². The number of pyridine rings is 1. The second-order valence-corrected chi connectivity index (χ2v) is 10.6. The van der Waals surface area contributed by atoms with Crippen molar-refractivity contribution in [3.05, 3.63) is 59.2 Å². The summed E-state index contributed by atoms with van der Waals surface area (Å²) in [5, 5.41) is 0. The minimum Gasteiger partial charge on any atom is -0.444 e. The Hall–Kier alpha value is -3.01. The molecule has 0 radical (unpaired) electrons. The number of halogens is 1. The number of fused-ring (bicyclic) bond motifs is 1. The average molecular weight is 512 g/mol. The molecule has 0 aliphatic carbocycles. The van der Waals surface area contributed by atoms with Crippen LogP contribution in [-0.4, -0.2) is 65.0 Å². The standard InChI is InChI=1S/C28H34FN3O5/c1-18-8-9-32-23(16-20-17-31(10-13-34-20)27(33)37-28(2,3)4)25(30-24(32)14-18)21-7-6-19(15-22(21)29)26-35-11-5-12-36-26/h6-9,14-15,20,26H,5,10-13,16-17H2,1-4H3/t20-/m1/s1. The number of imidazole rings is 1. The van der Waals surface area contributed by atoms with Gasteiger partial charge in [-0.3, -0.25) is 0 Å². The number of amides is 1. The third kappa shape index (κ3) is 5.79. The van der Waals surface area contributed by atoms with E-state index in [1.165, 1.54) is 6.07 Å². The molecular weight excluding hydrogens is 477 g/mol. The van der Waals surface area contributed by atoms with E-state index in [1.54, 1.807) is 11.0 Å². The van der Waals surface area contributed by atoms with E-state index >= 15 is 4.39 Å². The highest BCUT2D eigenvalue weighted by molar-refractivity contribution is 5.69. The third-order valence-electron chi connectivity index (χ3n) is 6.44. The Bertz CT molecular complexity index is 1280. The molecule has 4 heterocycles. The lowest BCUT2D eigenvalue weighted by atomic mass is 10.0. The van der Waals surface area contributed by atoms with Crippen molar-refractivity contribution in [3.63, 3.8) is 0 Å². The number of morpholine rings is 1. The van der Waals surface area contributed by atoms with Gasteiger partial charge in [0.1, 0.15) is 17.1 Å². The van der Waals surface area contributed by atoms with Crippen LogP contribution >= 0.6 is 0 Å². The molecule has 2 aromatic heterocycles. The molecule has 0 unspecified atom stereocenters. The maximum Gasteiger partial charge on any atom is 0.410 e. The molecule has 2 saturated heterocycles. The van der Waals surface area contributed by atoms with Gasteiger partial charge in [0.25, 0.3) is 0 Å². The Morgan fingerprint density at radius 1 is 1.14 bits per heavy atom. The number of carbonyl (C=O) groups excluding carboxylic acids is 1. The second kappa shape index (κ2) is 10.4. The first-order valence-corrected chi connectivity index (χ1v) is 12.8. The molecule has 0 spiro atoms. The fraction of sp³-hybridized carbons (Fsp3) is 0.500. The highest BCUT2D eigenvalue weighted by Crippen LogP contribution is 2.32. The van der Waals surface area contributed by atoms with E-state index in [2.05, 4.69) is 0 Å². The summed E-state index contributed by atoms with van der Waals surface area (Å²) in [4.78, 5) is 19.2. The Morgan fingerprint density at radius 3 is 2.65 bits per heavy atom. The van der Waals surface area contributed by atoms with Crippen molar-refractivity contribution < 1.29 is 28.1 Å². The first-order chi connectivity index (χ1) is 17.7. The van der Waals surface area contributed by atoms with Gasteiger partial charge in [-0.2, -0.15) is 0 Å². The first-order valence-electron chi connectivity index (χ1n) is 12.8. The molecule has 3 aromatic rings. The molecule has 0 N–H and O–H groups in total. The van der Waals surface area contributed by atoms with Crippen LogP contribution in [0.15, 0.2) is 36.5 Å². The summed E-state index contributed by atoms with van der Waals surface area (Å²) in [6.07, 6.45) is 2.03. The summed E-state index contributed by atoms with van der Waals surface area (Å²) in [5.74, 6) is -0.392. The lowest BCUT2D eigenvalue weighted by molar-refractivity contribution is -0.183. The summed E-state index contributed by atoms with van der Waals surface area (Å²) in [5.41, 5.74) is 3.63. The highest BCUT2D eigenvalue weighted by atomic mass is 19.1. The number of ether oxygens (including phenoxy) is 4. The molecule has 37 heavy (non-hydrogen) atoms. The summed E-state index contributed by atoms with van der Waals surface area (Å²) in [6.45, 7) is 9.97. The molecular formula is C28H34FN3O5. The zero-order chi connectivity index (χ0) is 26.2. The van der Waals surface area contributed by atoms with E-state index in [0.717, 1.165) is 23.3 Å². The number of hydrogen-bond acceptors (Lipinski definition) is 6. The van der Waals surface area contributed by atoms with Gasteiger partial charge in [0.05, 0.1) is 43.9 Å². The van der Waals surface area contributed by atoms with Crippen LogP contribution in [0.5, 0.6) is 0 Å². The molecule has 2 aliphatic heterocycles. The van der Waals surface area contributed by atoms with Crippen LogP contribution < -0.4 is 0 Å². The highest BCUT2D eigenvalue weighted by Gasteiger charge is 2.30. The lowest BCUT2D eigenvalue weighted by Gasteiger charge is -2.34. The monoisotopic (exact) mass is 511 g/mol. The van der Waals surface area contributed by atoms with E-state index in [9.17, 15) is 4.79 Å². The largest absolute Gasteiger partial charge is 0.444 e.